The number of hydrogen-bond donors (Lipinski definition) is 0. The van der Waals surface area contributed by atoms with E-state index in [-0.39, 0.29) is 40.7 Å². The third-order valence-electron chi connectivity index (χ3n) is 5.17. The van der Waals surface area contributed by atoms with E-state index in [1.165, 1.54) is 0 Å². The van der Waals surface area contributed by atoms with Gasteiger partial charge in [0.15, 0.2) is 0 Å². The standard InChI is InChI=1S/C17H19B7N4O2/c1-15(2,3)30-14(29)28-6-8-4-27(5-9(8)7-28)13-25-11(16(19,20)21)10(18)12(26-13)17(22,23)24/h8-9H,4-7H2,1-3H3. The molecule has 14 radical (unpaired) electrons. The summed E-state index contributed by atoms with van der Waals surface area (Å²) in [5.41, 5.74) is -0.584. The summed E-state index contributed by atoms with van der Waals surface area (Å²) in [4.78, 5) is 24.8. The van der Waals surface area contributed by atoms with Crippen LogP contribution >= 0.6 is 0 Å². The van der Waals surface area contributed by atoms with Crippen LogP contribution in [0.1, 0.15) is 32.2 Å². The van der Waals surface area contributed by atoms with Gasteiger partial charge in [0, 0.05) is 49.4 Å². The van der Waals surface area contributed by atoms with E-state index in [1.807, 2.05) is 25.7 Å². The fourth-order valence-corrected chi connectivity index (χ4v) is 3.89. The average Bonchev–Trinajstić information content (AvgIpc) is 3.09. The van der Waals surface area contributed by atoms with Crippen LogP contribution in [0, 0.1) is 11.8 Å². The second kappa shape index (κ2) is 7.63. The molecule has 1 aromatic heterocycles. The third kappa shape index (κ3) is 4.91. The highest BCUT2D eigenvalue weighted by atomic mass is 16.6. The number of rotatable bonds is 3. The highest BCUT2D eigenvalue weighted by Gasteiger charge is 2.43. The molecule has 0 spiro atoms. The Labute approximate surface area is 187 Å². The van der Waals surface area contributed by atoms with Crippen molar-refractivity contribution in [2.75, 3.05) is 31.1 Å². The summed E-state index contributed by atoms with van der Waals surface area (Å²) in [5.74, 6) is 0.730. The zero-order valence-electron chi connectivity index (χ0n) is 17.6. The molecule has 3 heterocycles. The van der Waals surface area contributed by atoms with Crippen molar-refractivity contribution in [1.29, 1.82) is 0 Å². The number of amides is 1. The molecule has 2 aliphatic heterocycles. The van der Waals surface area contributed by atoms with Crippen molar-refractivity contribution < 1.29 is 9.53 Å². The molecule has 0 aliphatic carbocycles. The molecule has 0 saturated carbocycles. The van der Waals surface area contributed by atoms with Crippen molar-refractivity contribution in [3.63, 3.8) is 0 Å². The first-order valence-corrected chi connectivity index (χ1v) is 9.71. The lowest BCUT2D eigenvalue weighted by Gasteiger charge is -2.31. The first-order valence-electron chi connectivity index (χ1n) is 9.71. The lowest BCUT2D eigenvalue weighted by Crippen LogP contribution is -2.44. The van der Waals surface area contributed by atoms with Crippen LogP contribution in [0.5, 0.6) is 0 Å². The monoisotopic (exact) mass is 388 g/mol. The summed E-state index contributed by atoms with van der Waals surface area (Å²) in [6.45, 7) is 7.89. The smallest absolute Gasteiger partial charge is 0.410 e. The molecule has 2 fully saturated rings. The van der Waals surface area contributed by atoms with Crippen LogP contribution in [0.2, 0.25) is 0 Å². The maximum absolute atomic E-state index is 12.4. The van der Waals surface area contributed by atoms with Crippen LogP contribution in [0.3, 0.4) is 0 Å². The minimum Gasteiger partial charge on any atom is -0.444 e. The van der Waals surface area contributed by atoms with Gasteiger partial charge in [-0.25, -0.2) is 14.8 Å². The molecule has 30 heavy (non-hydrogen) atoms. The molecule has 1 amide bonds. The summed E-state index contributed by atoms with van der Waals surface area (Å²) in [6, 6.07) is 0. The lowest BCUT2D eigenvalue weighted by molar-refractivity contribution is 0.0282. The van der Waals surface area contributed by atoms with Crippen LogP contribution in [0.4, 0.5) is 10.7 Å². The number of carbonyl (C=O) groups is 1. The summed E-state index contributed by atoms with van der Waals surface area (Å²) in [5, 5.41) is -3.66. The summed E-state index contributed by atoms with van der Waals surface area (Å²) in [7, 11) is 40.9. The number of aromatic nitrogens is 2. The van der Waals surface area contributed by atoms with E-state index in [2.05, 4.69) is 9.97 Å². The topological polar surface area (TPSA) is 58.6 Å². The predicted octanol–water partition coefficient (Wildman–Crippen LogP) is -2.19. The quantitative estimate of drug-likeness (QED) is 0.552. The van der Waals surface area contributed by atoms with E-state index >= 15 is 0 Å². The number of hydrogen-bond acceptors (Lipinski definition) is 5. The van der Waals surface area contributed by atoms with Gasteiger partial charge in [-0.05, 0) is 20.8 Å². The summed E-state index contributed by atoms with van der Waals surface area (Å²) < 4.78 is 5.47. The molecule has 2 saturated heterocycles. The number of carbonyl (C=O) groups excluding carboxylic acids is 1. The first kappa shape index (κ1) is 23.3. The molecular weight excluding hydrogens is 368 g/mol. The van der Waals surface area contributed by atoms with Crippen molar-refractivity contribution in [3.05, 3.63) is 11.4 Å². The Bertz CT molecular complexity index is 786. The highest BCUT2D eigenvalue weighted by Crippen LogP contribution is 2.34. The van der Waals surface area contributed by atoms with Gasteiger partial charge in [0.1, 0.15) is 13.4 Å². The van der Waals surface area contributed by atoms with Crippen molar-refractivity contribution in [3.8, 4) is 0 Å². The molecule has 13 heteroatoms. The van der Waals surface area contributed by atoms with E-state index in [4.69, 9.17) is 59.7 Å². The number of likely N-dealkylation sites (tertiary alicyclic amines) is 1. The SMILES string of the molecule is [B]c1c(C([B])([B])[B])nc(N2CC3CN(C(=O)OC(C)(C)C)CC3C2)nc1C([B])([B])[B]. The molecule has 2 unspecified atom stereocenters. The molecule has 0 N–H and O–H groups in total. The predicted molar refractivity (Wildman–Crippen MR) is 122 cm³/mol. The fourth-order valence-electron chi connectivity index (χ4n) is 3.89. The Hall–Kier alpha value is -1.40. The highest BCUT2D eigenvalue weighted by molar-refractivity contribution is 6.62. The van der Waals surface area contributed by atoms with Crippen LogP contribution in [-0.4, -0.2) is 108 Å². The van der Waals surface area contributed by atoms with E-state index in [9.17, 15) is 4.79 Å². The van der Waals surface area contributed by atoms with Gasteiger partial charge >= 0.3 is 6.09 Å². The van der Waals surface area contributed by atoms with Gasteiger partial charge in [-0.3, -0.25) is 0 Å². The number of nitrogens with zero attached hydrogens (tertiary/aromatic N) is 4. The Kier molecular flexibility index (Phi) is 5.92. The molecule has 140 valence electrons. The number of ether oxygens (including phenoxy) is 1. The minimum absolute atomic E-state index is 0.000617. The largest absolute Gasteiger partial charge is 0.444 e. The van der Waals surface area contributed by atoms with Crippen molar-refractivity contribution >= 4 is 72.4 Å². The van der Waals surface area contributed by atoms with Crippen LogP contribution in [-0.2, 0) is 15.0 Å². The van der Waals surface area contributed by atoms with Crippen LogP contribution < -0.4 is 10.4 Å². The minimum atomic E-state index is -1.83. The lowest BCUT2D eigenvalue weighted by atomic mass is 9.37. The zero-order chi connectivity index (χ0) is 22.6. The molecule has 1 aromatic rings. The van der Waals surface area contributed by atoms with Gasteiger partial charge < -0.3 is 14.5 Å². The maximum Gasteiger partial charge on any atom is 0.410 e. The Morgan fingerprint density at radius 3 is 1.70 bits per heavy atom. The number of anilines is 1. The van der Waals surface area contributed by atoms with Crippen molar-refractivity contribution in [2.24, 2.45) is 11.8 Å². The van der Waals surface area contributed by atoms with Gasteiger partial charge in [-0.1, -0.05) is 15.7 Å². The third-order valence-corrected chi connectivity index (χ3v) is 5.17. The number of fused-ring (bicyclic) bond motifs is 1. The molecule has 0 bridgehead atoms. The second-order valence-corrected chi connectivity index (χ2v) is 9.31. The van der Waals surface area contributed by atoms with Crippen molar-refractivity contribution in [1.82, 2.24) is 14.9 Å². The van der Waals surface area contributed by atoms with Gasteiger partial charge in [-0.2, -0.15) is 0 Å². The van der Waals surface area contributed by atoms with Gasteiger partial charge in [-0.15, -0.1) is 0 Å². The average molecular weight is 387 g/mol. The molecule has 0 aromatic carbocycles. The normalized spacial score (nSPS) is 22.2. The molecule has 2 aliphatic rings. The summed E-state index contributed by atoms with van der Waals surface area (Å²) >= 11 is 0. The van der Waals surface area contributed by atoms with Gasteiger partial charge in [0.25, 0.3) is 0 Å². The van der Waals surface area contributed by atoms with Gasteiger partial charge in [0.2, 0.25) is 5.95 Å². The fraction of sp³-hybridized carbons (Fsp3) is 0.706. The maximum atomic E-state index is 12.4. The molecule has 3 rings (SSSR count). The zero-order valence-corrected chi connectivity index (χ0v) is 17.6. The molecular formula is C17H19B7N4O2. The van der Waals surface area contributed by atoms with E-state index in [0.29, 0.717) is 26.2 Å². The summed E-state index contributed by atoms with van der Waals surface area (Å²) in [6.07, 6.45) is -0.310. The first-order chi connectivity index (χ1) is 13.6. The molecule has 6 nitrogen and oxygen atoms in total. The Balaban J connectivity index is 1.81. The van der Waals surface area contributed by atoms with Crippen LogP contribution in [0.15, 0.2) is 0 Å². The van der Waals surface area contributed by atoms with E-state index < -0.39 is 15.8 Å². The Morgan fingerprint density at radius 1 is 0.900 bits per heavy atom. The van der Waals surface area contributed by atoms with Crippen LogP contribution in [0.25, 0.3) is 0 Å². The van der Waals surface area contributed by atoms with E-state index in [0.717, 1.165) is 0 Å². The second-order valence-electron chi connectivity index (χ2n) is 9.31. The molecule has 2 atom stereocenters. The van der Waals surface area contributed by atoms with Gasteiger partial charge in [0.05, 0.1) is 47.1 Å². The van der Waals surface area contributed by atoms with Crippen molar-refractivity contribution in [2.45, 2.75) is 36.6 Å². The van der Waals surface area contributed by atoms with E-state index in [1.54, 1.807) is 4.90 Å². The Morgan fingerprint density at radius 2 is 1.33 bits per heavy atom.